The van der Waals surface area contributed by atoms with Crippen molar-refractivity contribution < 1.29 is 9.53 Å². The minimum absolute atomic E-state index is 0.266. The normalized spacial score (nSPS) is 15.0. The van der Waals surface area contributed by atoms with Gasteiger partial charge >= 0.3 is 0 Å². The standard InChI is InChI=1S/C24H32N2O2/c1-21-8-5-6-11-23(21)20-25-14-16-26(17-15-25)24(27)12-7-18-28-19-13-22-9-3-2-4-10-22/h2-6,8-11H,7,12-20H2,1H3. The lowest BCUT2D eigenvalue weighted by molar-refractivity contribution is -0.133. The lowest BCUT2D eigenvalue weighted by atomic mass is 10.1. The summed E-state index contributed by atoms with van der Waals surface area (Å²) in [5, 5.41) is 0. The predicted molar refractivity (Wildman–Crippen MR) is 113 cm³/mol. The Kier molecular flexibility index (Phi) is 8.07. The summed E-state index contributed by atoms with van der Waals surface area (Å²) >= 11 is 0. The van der Waals surface area contributed by atoms with Crippen LogP contribution in [0.3, 0.4) is 0 Å². The van der Waals surface area contributed by atoms with Gasteiger partial charge in [0, 0.05) is 45.8 Å². The van der Waals surface area contributed by atoms with Crippen LogP contribution in [0, 0.1) is 6.92 Å². The zero-order valence-electron chi connectivity index (χ0n) is 17.0. The summed E-state index contributed by atoms with van der Waals surface area (Å²) in [7, 11) is 0. The van der Waals surface area contributed by atoms with E-state index in [0.717, 1.165) is 52.2 Å². The van der Waals surface area contributed by atoms with Gasteiger partial charge in [-0.3, -0.25) is 9.69 Å². The minimum Gasteiger partial charge on any atom is -0.381 e. The Labute approximate surface area is 169 Å². The summed E-state index contributed by atoms with van der Waals surface area (Å²) < 4.78 is 5.69. The summed E-state index contributed by atoms with van der Waals surface area (Å²) in [6.45, 7) is 8.09. The first-order valence-electron chi connectivity index (χ1n) is 10.4. The number of hydrogen-bond donors (Lipinski definition) is 0. The smallest absolute Gasteiger partial charge is 0.222 e. The summed E-state index contributed by atoms with van der Waals surface area (Å²) in [5.41, 5.74) is 4.02. The van der Waals surface area contributed by atoms with E-state index < -0.39 is 0 Å². The summed E-state index contributed by atoms with van der Waals surface area (Å²) in [6, 6.07) is 18.9. The Morgan fingerprint density at radius 2 is 1.64 bits per heavy atom. The molecule has 28 heavy (non-hydrogen) atoms. The molecule has 1 fully saturated rings. The van der Waals surface area contributed by atoms with E-state index in [1.165, 1.54) is 16.7 Å². The molecule has 0 saturated carbocycles. The van der Waals surface area contributed by atoms with Crippen LogP contribution < -0.4 is 0 Å². The maximum Gasteiger partial charge on any atom is 0.222 e. The van der Waals surface area contributed by atoms with Crippen molar-refractivity contribution in [1.29, 1.82) is 0 Å². The van der Waals surface area contributed by atoms with Crippen LogP contribution in [-0.2, 0) is 22.5 Å². The van der Waals surface area contributed by atoms with Crippen LogP contribution in [0.2, 0.25) is 0 Å². The second kappa shape index (κ2) is 11.0. The van der Waals surface area contributed by atoms with Crippen molar-refractivity contribution in [2.45, 2.75) is 32.7 Å². The van der Waals surface area contributed by atoms with E-state index >= 15 is 0 Å². The molecule has 0 radical (unpaired) electrons. The Morgan fingerprint density at radius 1 is 0.929 bits per heavy atom. The SMILES string of the molecule is Cc1ccccc1CN1CCN(C(=O)CCCOCCc2ccccc2)CC1. The van der Waals surface area contributed by atoms with Gasteiger partial charge in [0.15, 0.2) is 0 Å². The molecule has 1 aliphatic heterocycles. The number of rotatable bonds is 9. The average molecular weight is 381 g/mol. The third-order valence-electron chi connectivity index (χ3n) is 5.44. The van der Waals surface area contributed by atoms with Gasteiger partial charge in [0.2, 0.25) is 5.91 Å². The maximum atomic E-state index is 12.4. The molecule has 1 aliphatic rings. The lowest BCUT2D eigenvalue weighted by Gasteiger charge is -2.35. The van der Waals surface area contributed by atoms with Gasteiger partial charge in [-0.2, -0.15) is 0 Å². The van der Waals surface area contributed by atoms with Crippen LogP contribution in [0.5, 0.6) is 0 Å². The molecule has 3 rings (SSSR count). The topological polar surface area (TPSA) is 32.8 Å². The van der Waals surface area contributed by atoms with Crippen molar-refractivity contribution in [3.05, 3.63) is 71.3 Å². The molecule has 0 aromatic heterocycles. The Hall–Kier alpha value is -2.17. The molecule has 0 bridgehead atoms. The number of hydrogen-bond acceptors (Lipinski definition) is 3. The molecule has 4 heteroatoms. The first-order chi connectivity index (χ1) is 13.7. The fraction of sp³-hybridized carbons (Fsp3) is 0.458. The number of benzene rings is 2. The van der Waals surface area contributed by atoms with Crippen molar-refractivity contribution in [3.8, 4) is 0 Å². The van der Waals surface area contributed by atoms with Crippen LogP contribution in [0.25, 0.3) is 0 Å². The number of nitrogens with zero attached hydrogens (tertiary/aromatic N) is 2. The van der Waals surface area contributed by atoms with Gasteiger partial charge in [-0.25, -0.2) is 0 Å². The number of ether oxygens (including phenoxy) is 1. The van der Waals surface area contributed by atoms with E-state index in [0.29, 0.717) is 13.0 Å². The first-order valence-corrected chi connectivity index (χ1v) is 10.4. The van der Waals surface area contributed by atoms with Crippen LogP contribution in [-0.4, -0.2) is 55.1 Å². The van der Waals surface area contributed by atoms with Crippen molar-refractivity contribution in [1.82, 2.24) is 9.80 Å². The molecule has 0 atom stereocenters. The van der Waals surface area contributed by atoms with Crippen molar-refractivity contribution in [3.63, 3.8) is 0 Å². The molecule has 1 heterocycles. The van der Waals surface area contributed by atoms with Crippen molar-refractivity contribution in [2.24, 2.45) is 0 Å². The molecular formula is C24H32N2O2. The lowest BCUT2D eigenvalue weighted by Crippen LogP contribution is -2.48. The minimum atomic E-state index is 0.266. The molecule has 2 aromatic rings. The highest BCUT2D eigenvalue weighted by atomic mass is 16.5. The summed E-state index contributed by atoms with van der Waals surface area (Å²) in [5.74, 6) is 0.266. The van der Waals surface area contributed by atoms with E-state index in [-0.39, 0.29) is 5.91 Å². The predicted octanol–water partition coefficient (Wildman–Crippen LogP) is 3.68. The molecule has 4 nitrogen and oxygen atoms in total. The second-order valence-corrected chi connectivity index (χ2v) is 7.53. The third-order valence-corrected chi connectivity index (χ3v) is 5.44. The number of amides is 1. The zero-order chi connectivity index (χ0) is 19.6. The Bertz CT molecular complexity index is 724. The molecule has 1 saturated heterocycles. The average Bonchev–Trinajstić information content (AvgIpc) is 2.73. The highest BCUT2D eigenvalue weighted by molar-refractivity contribution is 5.76. The van der Waals surface area contributed by atoms with E-state index in [4.69, 9.17) is 4.74 Å². The largest absolute Gasteiger partial charge is 0.381 e. The van der Waals surface area contributed by atoms with Gasteiger partial charge < -0.3 is 9.64 Å². The Morgan fingerprint density at radius 3 is 2.39 bits per heavy atom. The fourth-order valence-corrected chi connectivity index (χ4v) is 3.60. The van der Waals surface area contributed by atoms with Crippen molar-refractivity contribution >= 4 is 5.91 Å². The zero-order valence-corrected chi connectivity index (χ0v) is 17.0. The highest BCUT2D eigenvalue weighted by Crippen LogP contribution is 2.13. The van der Waals surface area contributed by atoms with Crippen LogP contribution >= 0.6 is 0 Å². The van der Waals surface area contributed by atoms with E-state index in [9.17, 15) is 4.79 Å². The molecular weight excluding hydrogens is 348 g/mol. The summed E-state index contributed by atoms with van der Waals surface area (Å²) in [4.78, 5) is 16.9. The molecule has 2 aromatic carbocycles. The van der Waals surface area contributed by atoms with Gasteiger partial charge in [-0.15, -0.1) is 0 Å². The number of carbonyl (C=O) groups excluding carboxylic acids is 1. The fourth-order valence-electron chi connectivity index (χ4n) is 3.60. The van der Waals surface area contributed by atoms with Crippen molar-refractivity contribution in [2.75, 3.05) is 39.4 Å². The molecule has 1 amide bonds. The summed E-state index contributed by atoms with van der Waals surface area (Å²) in [6.07, 6.45) is 2.32. The molecule has 0 aliphatic carbocycles. The second-order valence-electron chi connectivity index (χ2n) is 7.53. The first kappa shape index (κ1) is 20.6. The number of carbonyl (C=O) groups is 1. The van der Waals surface area contributed by atoms with Gasteiger partial charge in [0.25, 0.3) is 0 Å². The molecule has 0 spiro atoms. The molecule has 0 unspecified atom stereocenters. The van der Waals surface area contributed by atoms with E-state index in [1.54, 1.807) is 0 Å². The van der Waals surface area contributed by atoms with Gasteiger partial charge in [-0.1, -0.05) is 54.6 Å². The van der Waals surface area contributed by atoms with Gasteiger partial charge in [0.05, 0.1) is 6.61 Å². The van der Waals surface area contributed by atoms with Gasteiger partial charge in [-0.05, 0) is 36.5 Å². The van der Waals surface area contributed by atoms with E-state index in [2.05, 4.69) is 60.4 Å². The molecule has 150 valence electrons. The third kappa shape index (κ3) is 6.47. The Balaban J connectivity index is 1.27. The van der Waals surface area contributed by atoms with Crippen LogP contribution in [0.15, 0.2) is 54.6 Å². The van der Waals surface area contributed by atoms with Gasteiger partial charge in [0.1, 0.15) is 0 Å². The maximum absolute atomic E-state index is 12.4. The highest BCUT2D eigenvalue weighted by Gasteiger charge is 2.20. The number of aryl methyl sites for hydroxylation is 1. The molecule has 0 N–H and O–H groups in total. The van der Waals surface area contributed by atoms with Crippen LogP contribution in [0.4, 0.5) is 0 Å². The van der Waals surface area contributed by atoms with E-state index in [1.807, 2.05) is 11.0 Å². The van der Waals surface area contributed by atoms with Crippen LogP contribution in [0.1, 0.15) is 29.5 Å². The monoisotopic (exact) mass is 380 g/mol. The quantitative estimate of drug-likeness (QED) is 0.622. The number of piperazine rings is 1.